The third-order valence-corrected chi connectivity index (χ3v) is 7.48. The number of carbonyl (C=O) groups is 1. The van der Waals surface area contributed by atoms with Gasteiger partial charge in [0, 0.05) is 23.7 Å². The van der Waals surface area contributed by atoms with Gasteiger partial charge >= 0.3 is 5.97 Å². The summed E-state index contributed by atoms with van der Waals surface area (Å²) in [5.74, 6) is 0.143. The maximum Gasteiger partial charge on any atom is 0.319 e. The zero-order chi connectivity index (χ0) is 15.3. The van der Waals surface area contributed by atoms with E-state index in [1.807, 2.05) is 6.26 Å². The Morgan fingerprint density at radius 3 is 2.71 bits per heavy atom. The lowest BCUT2D eigenvalue weighted by Gasteiger charge is -2.41. The van der Waals surface area contributed by atoms with Crippen molar-refractivity contribution in [2.24, 2.45) is 0 Å². The Morgan fingerprint density at radius 1 is 1.48 bits per heavy atom. The molecule has 0 aromatic carbocycles. The number of thioether (sulfide) groups is 1. The molecule has 2 heterocycles. The fourth-order valence-corrected chi connectivity index (χ4v) is 4.92. The molecule has 0 amide bonds. The third-order valence-electron chi connectivity index (χ3n) is 4.89. The van der Waals surface area contributed by atoms with Gasteiger partial charge in [0.25, 0.3) is 0 Å². The number of halogens is 2. The van der Waals surface area contributed by atoms with Crippen molar-refractivity contribution in [3.05, 3.63) is 21.3 Å². The van der Waals surface area contributed by atoms with Gasteiger partial charge in [-0.3, -0.25) is 4.79 Å². The minimum atomic E-state index is -0.700. The standard InChI is InChI=1S/C14H16BrClN2O2S/c1-21-14(12(19)20)4-2-13(3-5-14)7-18-11-9(13)10(16)8(15)6-17-11/h6H,2-5,7H2,1H3,(H,17,18)(H,19,20). The molecular weight excluding hydrogens is 376 g/mol. The number of pyridine rings is 1. The number of aliphatic carboxylic acids is 1. The predicted molar refractivity (Wildman–Crippen MR) is 89.5 cm³/mol. The van der Waals surface area contributed by atoms with Crippen LogP contribution in [0, 0.1) is 0 Å². The van der Waals surface area contributed by atoms with Crippen LogP contribution in [0.25, 0.3) is 0 Å². The fraction of sp³-hybridized carbons (Fsp3) is 0.571. The number of hydrogen-bond acceptors (Lipinski definition) is 4. The molecule has 0 bridgehead atoms. The van der Waals surface area contributed by atoms with Crippen molar-refractivity contribution >= 4 is 51.1 Å². The molecule has 21 heavy (non-hydrogen) atoms. The lowest BCUT2D eigenvalue weighted by atomic mass is 9.67. The molecule has 0 unspecified atom stereocenters. The summed E-state index contributed by atoms with van der Waals surface area (Å²) in [6.45, 7) is 0.787. The van der Waals surface area contributed by atoms with Crippen LogP contribution in [0.15, 0.2) is 10.7 Å². The molecule has 1 fully saturated rings. The van der Waals surface area contributed by atoms with Gasteiger partial charge in [-0.2, -0.15) is 0 Å². The van der Waals surface area contributed by atoms with Gasteiger partial charge in [0.05, 0.1) is 9.50 Å². The number of aromatic nitrogens is 1. The predicted octanol–water partition coefficient (Wildman–Crippen LogP) is 3.92. The van der Waals surface area contributed by atoms with Crippen LogP contribution >= 0.6 is 39.3 Å². The Morgan fingerprint density at radius 2 is 2.14 bits per heavy atom. The first-order valence-electron chi connectivity index (χ1n) is 6.81. The Balaban J connectivity index is 1.95. The van der Waals surface area contributed by atoms with Crippen molar-refractivity contribution in [2.45, 2.75) is 35.8 Å². The maximum absolute atomic E-state index is 11.6. The Labute approximate surface area is 141 Å². The van der Waals surface area contributed by atoms with Crippen molar-refractivity contribution in [2.75, 3.05) is 18.1 Å². The summed E-state index contributed by atoms with van der Waals surface area (Å²) in [5.41, 5.74) is 0.969. The maximum atomic E-state index is 11.6. The first kappa shape index (κ1) is 15.4. The largest absolute Gasteiger partial charge is 0.480 e. The van der Waals surface area contributed by atoms with E-state index in [2.05, 4.69) is 26.2 Å². The molecule has 1 aromatic rings. The second kappa shape index (κ2) is 5.32. The van der Waals surface area contributed by atoms with Crippen molar-refractivity contribution in [3.63, 3.8) is 0 Å². The zero-order valence-corrected chi connectivity index (χ0v) is 14.7. The number of carboxylic acid groups (broad SMARTS) is 1. The molecular formula is C14H16BrClN2O2S. The summed E-state index contributed by atoms with van der Waals surface area (Å²) < 4.78 is 0.144. The van der Waals surface area contributed by atoms with E-state index < -0.39 is 10.7 Å². The highest BCUT2D eigenvalue weighted by molar-refractivity contribution is 9.10. The molecule has 1 aliphatic heterocycles. The number of rotatable bonds is 2. The molecule has 0 saturated heterocycles. The molecule has 2 N–H and O–H groups in total. The van der Waals surface area contributed by atoms with E-state index in [1.165, 1.54) is 11.8 Å². The molecule has 1 saturated carbocycles. The second-order valence-electron chi connectivity index (χ2n) is 5.78. The minimum absolute atomic E-state index is 0.0854. The molecule has 1 aliphatic carbocycles. The van der Waals surface area contributed by atoms with Crippen molar-refractivity contribution in [1.82, 2.24) is 4.98 Å². The Hall–Kier alpha value is -0.460. The highest BCUT2D eigenvalue weighted by atomic mass is 79.9. The molecule has 1 spiro atoms. The molecule has 4 nitrogen and oxygen atoms in total. The zero-order valence-electron chi connectivity index (χ0n) is 11.6. The number of nitrogens with zero attached hydrogens (tertiary/aromatic N) is 1. The first-order chi connectivity index (χ1) is 9.94. The van der Waals surface area contributed by atoms with E-state index in [0.717, 1.165) is 35.2 Å². The van der Waals surface area contributed by atoms with E-state index in [9.17, 15) is 9.90 Å². The Bertz CT molecular complexity index is 603. The average Bonchev–Trinajstić information content (AvgIpc) is 2.83. The van der Waals surface area contributed by atoms with Gasteiger partial charge in [0.2, 0.25) is 0 Å². The van der Waals surface area contributed by atoms with Gasteiger partial charge in [-0.05, 0) is 47.9 Å². The molecule has 3 rings (SSSR count). The summed E-state index contributed by atoms with van der Waals surface area (Å²) >= 11 is 11.4. The van der Waals surface area contributed by atoms with E-state index in [4.69, 9.17) is 11.6 Å². The smallest absolute Gasteiger partial charge is 0.319 e. The number of nitrogens with one attached hydrogen (secondary N) is 1. The fourth-order valence-electron chi connectivity index (χ4n) is 3.49. The molecule has 0 atom stereocenters. The molecule has 7 heteroatoms. The summed E-state index contributed by atoms with van der Waals surface area (Å²) in [6.07, 6.45) is 6.55. The van der Waals surface area contributed by atoms with Gasteiger partial charge in [-0.25, -0.2) is 4.98 Å². The summed E-state index contributed by atoms with van der Waals surface area (Å²) in [5, 5.41) is 13.6. The second-order valence-corrected chi connectivity index (χ2v) is 8.20. The van der Waals surface area contributed by atoms with Crippen LogP contribution in [-0.2, 0) is 10.2 Å². The monoisotopic (exact) mass is 390 g/mol. The van der Waals surface area contributed by atoms with E-state index >= 15 is 0 Å². The van der Waals surface area contributed by atoms with E-state index in [0.29, 0.717) is 17.9 Å². The van der Waals surface area contributed by atoms with Crippen molar-refractivity contribution in [3.8, 4) is 0 Å². The van der Waals surface area contributed by atoms with Crippen molar-refractivity contribution < 1.29 is 9.90 Å². The highest BCUT2D eigenvalue weighted by Gasteiger charge is 2.51. The van der Waals surface area contributed by atoms with Crippen LogP contribution in [0.3, 0.4) is 0 Å². The number of hydrogen-bond donors (Lipinski definition) is 2. The van der Waals surface area contributed by atoms with Gasteiger partial charge in [0.1, 0.15) is 10.6 Å². The average molecular weight is 392 g/mol. The van der Waals surface area contributed by atoms with Crippen LogP contribution in [0.1, 0.15) is 31.2 Å². The summed E-state index contributed by atoms with van der Waals surface area (Å²) in [6, 6.07) is 0. The van der Waals surface area contributed by atoms with Crippen LogP contribution < -0.4 is 5.32 Å². The van der Waals surface area contributed by atoms with E-state index in [-0.39, 0.29) is 5.41 Å². The van der Waals surface area contributed by atoms with Gasteiger partial charge in [-0.1, -0.05) is 11.6 Å². The van der Waals surface area contributed by atoms with Crippen molar-refractivity contribution in [1.29, 1.82) is 0 Å². The molecule has 1 aromatic heterocycles. The quantitative estimate of drug-likeness (QED) is 0.800. The van der Waals surface area contributed by atoms with Gasteiger partial charge in [-0.15, -0.1) is 11.8 Å². The number of carboxylic acids is 1. The van der Waals surface area contributed by atoms with Gasteiger partial charge in [0.15, 0.2) is 0 Å². The lowest BCUT2D eigenvalue weighted by Crippen LogP contribution is -2.45. The van der Waals surface area contributed by atoms with E-state index in [1.54, 1.807) is 6.20 Å². The SMILES string of the molecule is CSC1(C(=O)O)CCC2(CC1)CNc1ncc(Br)c(Cl)c12. The third kappa shape index (κ3) is 2.26. The minimum Gasteiger partial charge on any atom is -0.480 e. The van der Waals surface area contributed by atoms with Crippen LogP contribution in [0.4, 0.5) is 5.82 Å². The number of fused-ring (bicyclic) bond motifs is 2. The number of anilines is 1. The Kier molecular flexibility index (Phi) is 3.91. The summed E-state index contributed by atoms with van der Waals surface area (Å²) in [7, 11) is 0. The van der Waals surface area contributed by atoms with Crippen LogP contribution in [0.5, 0.6) is 0 Å². The molecule has 114 valence electrons. The van der Waals surface area contributed by atoms with Crippen LogP contribution in [0.2, 0.25) is 5.02 Å². The topological polar surface area (TPSA) is 62.2 Å². The lowest BCUT2D eigenvalue weighted by molar-refractivity contribution is -0.141. The normalized spacial score (nSPS) is 31.0. The summed E-state index contributed by atoms with van der Waals surface area (Å²) in [4.78, 5) is 16.0. The highest BCUT2D eigenvalue weighted by Crippen LogP contribution is 2.54. The van der Waals surface area contributed by atoms with Gasteiger partial charge < -0.3 is 10.4 Å². The molecule has 2 aliphatic rings. The van der Waals surface area contributed by atoms with Crippen LogP contribution in [-0.4, -0.2) is 33.6 Å². The first-order valence-corrected chi connectivity index (χ1v) is 9.21. The molecule has 0 radical (unpaired) electrons.